The summed E-state index contributed by atoms with van der Waals surface area (Å²) < 4.78 is 13.2. The predicted molar refractivity (Wildman–Crippen MR) is 91.3 cm³/mol. The van der Waals surface area contributed by atoms with Crippen LogP contribution in [0.4, 0.5) is 9.18 Å². The molecule has 2 aliphatic rings. The zero-order valence-corrected chi connectivity index (χ0v) is 14.3. The maximum atomic E-state index is 13.2. The van der Waals surface area contributed by atoms with E-state index >= 15 is 0 Å². The van der Waals surface area contributed by atoms with Crippen molar-refractivity contribution in [2.75, 3.05) is 20.1 Å². The first-order valence-corrected chi connectivity index (χ1v) is 8.93. The second-order valence-corrected chi connectivity index (χ2v) is 7.44. The molecule has 1 unspecified atom stereocenters. The highest BCUT2D eigenvalue weighted by molar-refractivity contribution is 5.74. The lowest BCUT2D eigenvalue weighted by atomic mass is 9.79. The molecule has 2 aliphatic carbocycles. The van der Waals surface area contributed by atoms with E-state index in [0.717, 1.165) is 44.1 Å². The Morgan fingerprint density at radius 3 is 2.54 bits per heavy atom. The van der Waals surface area contributed by atoms with Crippen LogP contribution in [0.2, 0.25) is 0 Å². The highest BCUT2D eigenvalue weighted by Gasteiger charge is 2.36. The van der Waals surface area contributed by atoms with E-state index in [1.165, 1.54) is 12.1 Å². The van der Waals surface area contributed by atoms with E-state index in [9.17, 15) is 14.3 Å². The molecule has 0 bridgehead atoms. The van der Waals surface area contributed by atoms with Crippen LogP contribution in [-0.2, 0) is 5.41 Å². The molecular weight excluding hydrogens is 307 g/mol. The van der Waals surface area contributed by atoms with Crippen LogP contribution in [0.1, 0.15) is 44.1 Å². The second kappa shape index (κ2) is 7.09. The number of nitrogens with zero attached hydrogens (tertiary/aromatic N) is 1. The highest BCUT2D eigenvalue weighted by Crippen LogP contribution is 2.40. The minimum absolute atomic E-state index is 0.0979. The fraction of sp³-hybridized carbons (Fsp3) is 0.632. The summed E-state index contributed by atoms with van der Waals surface area (Å²) >= 11 is 0. The lowest BCUT2D eigenvalue weighted by Gasteiger charge is -2.31. The number of likely N-dealkylation sites (N-methyl/N-ethyl adjacent to an activating group) is 1. The fourth-order valence-corrected chi connectivity index (χ4v) is 3.80. The van der Waals surface area contributed by atoms with Crippen molar-refractivity contribution >= 4 is 6.03 Å². The summed E-state index contributed by atoms with van der Waals surface area (Å²) in [5.41, 5.74) is 1.00. The Kier molecular flexibility index (Phi) is 5.09. The first kappa shape index (κ1) is 17.2. The van der Waals surface area contributed by atoms with Crippen LogP contribution in [0.25, 0.3) is 0 Å². The number of nitrogens with one attached hydrogen (secondary N) is 1. The number of aliphatic hydroxyl groups excluding tert-OH is 1. The van der Waals surface area contributed by atoms with Gasteiger partial charge in [-0.15, -0.1) is 0 Å². The summed E-state index contributed by atoms with van der Waals surface area (Å²) in [6.45, 7) is 0.932. The quantitative estimate of drug-likeness (QED) is 0.840. The Balaban J connectivity index is 1.59. The molecule has 0 aromatic heterocycles. The topological polar surface area (TPSA) is 52.6 Å². The van der Waals surface area contributed by atoms with Gasteiger partial charge in [0.25, 0.3) is 0 Å². The summed E-state index contributed by atoms with van der Waals surface area (Å²) in [4.78, 5) is 13.9. The third kappa shape index (κ3) is 3.89. The lowest BCUT2D eigenvalue weighted by molar-refractivity contribution is 0.113. The summed E-state index contributed by atoms with van der Waals surface area (Å²) in [5.74, 6) is 0.130. The Hall–Kier alpha value is -1.62. The zero-order chi connectivity index (χ0) is 17.2. The highest BCUT2D eigenvalue weighted by atomic mass is 19.1. The van der Waals surface area contributed by atoms with Gasteiger partial charge in [-0.25, -0.2) is 9.18 Å². The Labute approximate surface area is 143 Å². The molecule has 0 aliphatic heterocycles. The number of aliphatic hydroxyl groups is 1. The third-order valence-electron chi connectivity index (χ3n) is 5.57. The van der Waals surface area contributed by atoms with E-state index in [1.807, 2.05) is 12.1 Å². The van der Waals surface area contributed by atoms with Gasteiger partial charge in [-0.05, 0) is 49.3 Å². The minimum atomic E-state index is -0.418. The summed E-state index contributed by atoms with van der Waals surface area (Å²) in [6, 6.07) is 6.52. The number of carbonyl (C=O) groups is 1. The van der Waals surface area contributed by atoms with Crippen LogP contribution in [0.3, 0.4) is 0 Å². The molecule has 2 fully saturated rings. The summed E-state index contributed by atoms with van der Waals surface area (Å²) in [7, 11) is 1.72. The number of carbonyl (C=O) groups excluding carboxylic acids is 1. The van der Waals surface area contributed by atoms with Gasteiger partial charge in [-0.2, -0.15) is 0 Å². The van der Waals surface area contributed by atoms with Gasteiger partial charge in [0.2, 0.25) is 0 Å². The molecule has 5 heteroatoms. The summed E-state index contributed by atoms with van der Waals surface area (Å²) in [6.07, 6.45) is 5.97. The molecule has 0 saturated heterocycles. The molecule has 0 spiro atoms. The standard InChI is InChI=1S/C19H27FN2O2/c1-22(12-17(23)14-4-5-14)18(24)21-13-19(10-2-3-11-19)15-6-8-16(20)9-7-15/h6-9,14,17,23H,2-5,10-13H2,1H3,(H,21,24). The largest absolute Gasteiger partial charge is 0.391 e. The van der Waals surface area contributed by atoms with E-state index in [0.29, 0.717) is 19.0 Å². The second-order valence-electron chi connectivity index (χ2n) is 7.44. The number of hydrogen-bond donors (Lipinski definition) is 2. The van der Waals surface area contributed by atoms with Crippen LogP contribution < -0.4 is 5.32 Å². The van der Waals surface area contributed by atoms with Gasteiger partial charge in [-0.1, -0.05) is 25.0 Å². The van der Waals surface area contributed by atoms with E-state index in [-0.39, 0.29) is 17.3 Å². The molecule has 0 heterocycles. The minimum Gasteiger partial charge on any atom is -0.391 e. The van der Waals surface area contributed by atoms with Crippen LogP contribution in [-0.4, -0.2) is 42.3 Å². The molecule has 0 radical (unpaired) electrons. The van der Waals surface area contributed by atoms with Crippen LogP contribution in [0.5, 0.6) is 0 Å². The predicted octanol–water partition coefficient (Wildman–Crippen LogP) is 3.05. The van der Waals surface area contributed by atoms with Crippen molar-refractivity contribution < 1.29 is 14.3 Å². The molecule has 4 nitrogen and oxygen atoms in total. The molecule has 2 saturated carbocycles. The average Bonchev–Trinajstić information content (AvgIpc) is 3.32. The van der Waals surface area contributed by atoms with Crippen LogP contribution in [0, 0.1) is 11.7 Å². The maximum absolute atomic E-state index is 13.2. The van der Waals surface area contributed by atoms with Gasteiger partial charge < -0.3 is 15.3 Å². The lowest BCUT2D eigenvalue weighted by Crippen LogP contribution is -2.46. The number of benzene rings is 1. The molecule has 3 rings (SSSR count). The van der Waals surface area contributed by atoms with E-state index in [1.54, 1.807) is 11.9 Å². The molecule has 2 N–H and O–H groups in total. The van der Waals surface area contributed by atoms with Gasteiger partial charge >= 0.3 is 6.03 Å². The van der Waals surface area contributed by atoms with Gasteiger partial charge in [0, 0.05) is 25.6 Å². The molecular formula is C19H27FN2O2. The first-order valence-electron chi connectivity index (χ1n) is 8.93. The van der Waals surface area contributed by atoms with Crippen molar-refractivity contribution in [3.05, 3.63) is 35.6 Å². The van der Waals surface area contributed by atoms with Crippen molar-refractivity contribution in [2.24, 2.45) is 5.92 Å². The fourth-order valence-electron chi connectivity index (χ4n) is 3.80. The van der Waals surface area contributed by atoms with E-state index in [4.69, 9.17) is 0 Å². The van der Waals surface area contributed by atoms with Gasteiger partial charge in [-0.3, -0.25) is 0 Å². The van der Waals surface area contributed by atoms with Crippen LogP contribution >= 0.6 is 0 Å². The van der Waals surface area contributed by atoms with Crippen LogP contribution in [0.15, 0.2) is 24.3 Å². The molecule has 24 heavy (non-hydrogen) atoms. The van der Waals surface area contributed by atoms with Gasteiger partial charge in [0.05, 0.1) is 6.10 Å². The SMILES string of the molecule is CN(CC(O)C1CC1)C(=O)NCC1(c2ccc(F)cc2)CCCC1. The number of rotatable bonds is 6. The monoisotopic (exact) mass is 334 g/mol. The number of halogens is 1. The molecule has 1 atom stereocenters. The Bertz CT molecular complexity index is 565. The van der Waals surface area contributed by atoms with Crippen molar-refractivity contribution in [1.82, 2.24) is 10.2 Å². The number of amides is 2. The Morgan fingerprint density at radius 2 is 1.96 bits per heavy atom. The maximum Gasteiger partial charge on any atom is 0.317 e. The van der Waals surface area contributed by atoms with Crippen molar-refractivity contribution in [3.63, 3.8) is 0 Å². The van der Waals surface area contributed by atoms with E-state index in [2.05, 4.69) is 5.32 Å². The van der Waals surface area contributed by atoms with Gasteiger partial charge in [0.1, 0.15) is 5.82 Å². The first-order chi connectivity index (χ1) is 11.5. The molecule has 1 aromatic rings. The van der Waals surface area contributed by atoms with Crippen molar-refractivity contribution in [3.8, 4) is 0 Å². The smallest absolute Gasteiger partial charge is 0.317 e. The molecule has 1 aromatic carbocycles. The zero-order valence-electron chi connectivity index (χ0n) is 14.3. The number of hydrogen-bond acceptors (Lipinski definition) is 2. The third-order valence-corrected chi connectivity index (χ3v) is 5.57. The van der Waals surface area contributed by atoms with Crippen molar-refractivity contribution in [2.45, 2.75) is 50.0 Å². The average molecular weight is 334 g/mol. The van der Waals surface area contributed by atoms with Crippen molar-refractivity contribution in [1.29, 1.82) is 0 Å². The van der Waals surface area contributed by atoms with E-state index < -0.39 is 6.10 Å². The normalized spacial score (nSPS) is 20.6. The van der Waals surface area contributed by atoms with Gasteiger partial charge in [0.15, 0.2) is 0 Å². The number of urea groups is 1. The summed E-state index contributed by atoms with van der Waals surface area (Å²) in [5, 5.41) is 13.0. The molecule has 2 amide bonds. The molecule has 132 valence electrons. The Morgan fingerprint density at radius 1 is 1.33 bits per heavy atom.